The van der Waals surface area contributed by atoms with Crippen LogP contribution in [0.1, 0.15) is 11.1 Å². The van der Waals surface area contributed by atoms with Crippen LogP contribution in [0.5, 0.6) is 0 Å². The fraction of sp³-hybridized carbons (Fsp3) is 0.143. The second-order valence-electron chi connectivity index (χ2n) is 3.73. The monoisotopic (exact) mass is 362 g/mol. The van der Waals surface area contributed by atoms with E-state index >= 15 is 0 Å². The van der Waals surface area contributed by atoms with Crippen molar-refractivity contribution in [3.8, 4) is 0 Å². The maximum absolute atomic E-state index is 2.16. The number of rotatable bonds is 0. The van der Waals surface area contributed by atoms with Gasteiger partial charge in [0.1, 0.15) is 0 Å². The molecule has 0 aliphatic carbocycles. The normalized spacial score (nSPS) is 9.00. The van der Waals surface area contributed by atoms with Crippen molar-refractivity contribution >= 4 is 6.54 Å². The summed E-state index contributed by atoms with van der Waals surface area (Å²) in [5.41, 5.74) is 2.69. The van der Waals surface area contributed by atoms with Crippen molar-refractivity contribution in [2.75, 3.05) is 0 Å². The van der Waals surface area contributed by atoms with Gasteiger partial charge in [-0.15, -0.1) is 0 Å². The van der Waals surface area contributed by atoms with Crippen molar-refractivity contribution < 1.29 is 49.4 Å². The van der Waals surface area contributed by atoms with Gasteiger partial charge in [-0.05, 0) is 0 Å². The zero-order valence-corrected chi connectivity index (χ0v) is 14.5. The summed E-state index contributed by atoms with van der Waals surface area (Å²) in [5.74, 6) is 0. The summed E-state index contributed by atoms with van der Waals surface area (Å²) in [4.78, 5) is 0. The number of aryl methyl sites for hydroxylation is 2. The molecule has 2 aromatic rings. The predicted octanol–water partition coefficient (Wildman–Crippen LogP) is 2.33. The first-order chi connectivity index (χ1) is 7.58. The topological polar surface area (TPSA) is 0 Å². The molecule has 0 nitrogen and oxygen atoms in total. The second-order valence-corrected chi connectivity index (χ2v) is 6.57. The molecule has 0 spiro atoms. The van der Waals surface area contributed by atoms with Crippen molar-refractivity contribution in [3.63, 3.8) is 0 Å². The van der Waals surface area contributed by atoms with Gasteiger partial charge in [0.25, 0.3) is 0 Å². The minimum absolute atomic E-state index is 1.34. The fourth-order valence-electron chi connectivity index (χ4n) is 1.11. The van der Waals surface area contributed by atoms with Crippen molar-refractivity contribution in [3.05, 3.63) is 59.7 Å². The van der Waals surface area contributed by atoms with Gasteiger partial charge in [0.2, 0.25) is 0 Å². The molecule has 2 heteroatoms. The van der Waals surface area contributed by atoms with Crippen molar-refractivity contribution in [2.24, 2.45) is 0 Å². The summed E-state index contributed by atoms with van der Waals surface area (Å²) in [5, 5.41) is 0. The molecule has 2 rings (SSSR count). The molecule has 0 aliphatic heterocycles. The summed E-state index contributed by atoms with van der Waals surface area (Å²) in [7, 11) is 0. The predicted molar refractivity (Wildman–Crippen MR) is 61.6 cm³/mol. The Hall–Kier alpha value is 0.206. The van der Waals surface area contributed by atoms with E-state index in [9.17, 15) is 0 Å². The number of hydrogen-bond acceptors (Lipinski definition) is 0. The molecule has 78 valence electrons. The molecule has 0 heterocycles. The summed E-state index contributed by atoms with van der Waals surface area (Å²) in [6, 6.07) is 17.2. The molecule has 0 amide bonds. The van der Waals surface area contributed by atoms with Crippen LogP contribution in [0.4, 0.5) is 0 Å². The Kier molecular flexibility index (Phi) is 6.70. The minimum atomic E-state index is 1.34. The first kappa shape index (κ1) is 14.3. The molecule has 16 heavy (non-hydrogen) atoms. The quantitative estimate of drug-likeness (QED) is 0.673. The van der Waals surface area contributed by atoms with Gasteiger partial charge < -0.3 is 0 Å². The van der Waals surface area contributed by atoms with Crippen LogP contribution >= 0.6 is 0 Å². The van der Waals surface area contributed by atoms with Crippen LogP contribution in [0, 0.1) is 13.8 Å². The molecular weight excluding hydrogens is 351 g/mol. The molecule has 0 atom stereocenters. The Morgan fingerprint density at radius 2 is 0.812 bits per heavy atom. The first-order valence-corrected chi connectivity index (χ1v) is 7.60. The third kappa shape index (κ3) is 6.07. The summed E-state index contributed by atoms with van der Waals surface area (Å²) < 4.78 is 2.84. The van der Waals surface area contributed by atoms with E-state index in [0.717, 1.165) is 0 Å². The Balaban J connectivity index is 0.000000160. The molecule has 0 N–H and O–H groups in total. The molecular formula is C14H14Zr2. The van der Waals surface area contributed by atoms with E-state index in [2.05, 4.69) is 62.4 Å². The van der Waals surface area contributed by atoms with E-state index in [-0.39, 0.29) is 0 Å². The molecule has 0 aromatic heterocycles. The van der Waals surface area contributed by atoms with Gasteiger partial charge >= 0.3 is 129 Å². The van der Waals surface area contributed by atoms with Gasteiger partial charge in [0, 0.05) is 0 Å². The van der Waals surface area contributed by atoms with Crippen LogP contribution in [0.2, 0.25) is 0 Å². The Labute approximate surface area is 128 Å². The maximum atomic E-state index is 2.16. The van der Waals surface area contributed by atoms with Crippen molar-refractivity contribution in [2.45, 2.75) is 13.8 Å². The van der Waals surface area contributed by atoms with Gasteiger partial charge in [0.05, 0.1) is 0 Å². The van der Waals surface area contributed by atoms with E-state index in [0.29, 0.717) is 0 Å². The van der Waals surface area contributed by atoms with E-state index in [1.165, 1.54) is 67.1 Å². The molecule has 0 bridgehead atoms. The van der Waals surface area contributed by atoms with Gasteiger partial charge in [-0.25, -0.2) is 0 Å². The average Bonchev–Trinajstić information content (AvgIpc) is 2.28. The van der Waals surface area contributed by atoms with E-state index < -0.39 is 0 Å². The number of benzene rings is 2. The second kappa shape index (κ2) is 7.52. The van der Waals surface area contributed by atoms with Gasteiger partial charge in [0.15, 0.2) is 0 Å². The number of hydrogen-bond donors (Lipinski definition) is 0. The Morgan fingerprint density at radius 3 is 1.00 bits per heavy atom. The third-order valence-electron chi connectivity index (χ3n) is 2.10. The zero-order chi connectivity index (χ0) is 12.0. The SMILES string of the molecule is Cc1cc[c]([Zr])cc1.Cc1cc[c]([Zr])cc1. The van der Waals surface area contributed by atoms with Crippen molar-refractivity contribution in [1.82, 2.24) is 0 Å². The zero-order valence-electron chi connectivity index (χ0n) is 9.62. The summed E-state index contributed by atoms with van der Waals surface area (Å²) >= 11 is 2.99. The molecule has 0 saturated carbocycles. The van der Waals surface area contributed by atoms with Crippen LogP contribution < -0.4 is 6.54 Å². The summed E-state index contributed by atoms with van der Waals surface area (Å²) in [6.45, 7) is 4.21. The van der Waals surface area contributed by atoms with Crippen LogP contribution in [-0.4, -0.2) is 0 Å². The van der Waals surface area contributed by atoms with E-state index in [1.807, 2.05) is 0 Å². The molecule has 0 aliphatic rings. The average molecular weight is 365 g/mol. The van der Waals surface area contributed by atoms with Crippen LogP contribution in [-0.2, 0) is 49.4 Å². The van der Waals surface area contributed by atoms with Gasteiger partial charge in [-0.1, -0.05) is 0 Å². The molecule has 2 aromatic carbocycles. The molecule has 0 fully saturated rings. The van der Waals surface area contributed by atoms with Crippen molar-refractivity contribution in [1.29, 1.82) is 0 Å². The summed E-state index contributed by atoms with van der Waals surface area (Å²) in [6.07, 6.45) is 0. The van der Waals surface area contributed by atoms with Crippen LogP contribution in [0.25, 0.3) is 0 Å². The molecule has 0 saturated heterocycles. The standard InChI is InChI=1S/2C7H7.2Zr/c2*1-7-5-3-2-4-6-7;;/h2*3-6H,1H3;;. The Bertz CT molecular complexity index is 330. The van der Waals surface area contributed by atoms with Crippen LogP contribution in [0.3, 0.4) is 0 Å². The first-order valence-electron chi connectivity index (χ1n) is 5.14. The van der Waals surface area contributed by atoms with E-state index in [1.54, 1.807) is 0 Å². The third-order valence-corrected chi connectivity index (χ3v) is 3.74. The van der Waals surface area contributed by atoms with Gasteiger partial charge in [-0.3, -0.25) is 0 Å². The molecule has 0 radical (unpaired) electrons. The fourth-order valence-corrected chi connectivity index (χ4v) is 1.93. The van der Waals surface area contributed by atoms with Crippen LogP contribution in [0.15, 0.2) is 48.5 Å². The van der Waals surface area contributed by atoms with E-state index in [4.69, 9.17) is 0 Å². The van der Waals surface area contributed by atoms with Gasteiger partial charge in [-0.2, -0.15) is 0 Å². The molecule has 0 unspecified atom stereocenters. The Morgan fingerprint density at radius 1 is 0.562 bits per heavy atom.